The van der Waals surface area contributed by atoms with Crippen LogP contribution in [0.15, 0.2) is 6.20 Å². The SMILES string of the molecule is Nc1ncc(F)c(C(F)F)c1[N+](=O)[O-]. The van der Waals surface area contributed by atoms with E-state index < -0.39 is 34.2 Å². The van der Waals surface area contributed by atoms with Crippen LogP contribution in [0, 0.1) is 15.9 Å². The lowest BCUT2D eigenvalue weighted by Gasteiger charge is -2.03. The minimum absolute atomic E-state index is 0.420. The first-order valence-corrected chi connectivity index (χ1v) is 3.31. The zero-order valence-corrected chi connectivity index (χ0v) is 6.58. The smallest absolute Gasteiger partial charge is 0.323 e. The van der Waals surface area contributed by atoms with Crippen LogP contribution in [-0.4, -0.2) is 9.91 Å². The van der Waals surface area contributed by atoms with Crippen LogP contribution in [-0.2, 0) is 0 Å². The minimum atomic E-state index is -3.30. The molecular formula is C6H4F3N3O2. The molecule has 5 nitrogen and oxygen atoms in total. The monoisotopic (exact) mass is 207 g/mol. The quantitative estimate of drug-likeness (QED) is 0.590. The number of anilines is 1. The Kier molecular flexibility index (Phi) is 2.54. The third kappa shape index (κ3) is 1.58. The van der Waals surface area contributed by atoms with Gasteiger partial charge in [0.1, 0.15) is 5.56 Å². The summed E-state index contributed by atoms with van der Waals surface area (Å²) in [4.78, 5) is 12.2. The summed E-state index contributed by atoms with van der Waals surface area (Å²) in [5.41, 5.74) is 2.46. The van der Waals surface area contributed by atoms with Gasteiger partial charge in [0.2, 0.25) is 5.82 Å². The lowest BCUT2D eigenvalue weighted by atomic mass is 10.2. The van der Waals surface area contributed by atoms with E-state index in [0.717, 1.165) is 0 Å². The molecule has 2 N–H and O–H groups in total. The van der Waals surface area contributed by atoms with Gasteiger partial charge in [-0.2, -0.15) is 0 Å². The third-order valence-electron chi connectivity index (χ3n) is 1.47. The van der Waals surface area contributed by atoms with Crippen LogP contribution < -0.4 is 5.73 Å². The van der Waals surface area contributed by atoms with Gasteiger partial charge >= 0.3 is 5.69 Å². The number of halogens is 3. The summed E-state index contributed by atoms with van der Waals surface area (Å²) in [5.74, 6) is -2.17. The maximum Gasteiger partial charge on any atom is 0.323 e. The van der Waals surface area contributed by atoms with Gasteiger partial charge in [0.25, 0.3) is 6.43 Å². The molecule has 1 heterocycles. The fourth-order valence-corrected chi connectivity index (χ4v) is 0.907. The molecule has 0 aliphatic rings. The molecule has 0 aliphatic carbocycles. The van der Waals surface area contributed by atoms with E-state index in [1.807, 2.05) is 0 Å². The summed E-state index contributed by atoms with van der Waals surface area (Å²) in [6, 6.07) is 0. The Labute approximate surface area is 75.5 Å². The molecule has 0 amide bonds. The molecule has 0 aliphatic heterocycles. The molecule has 14 heavy (non-hydrogen) atoms. The highest BCUT2D eigenvalue weighted by atomic mass is 19.3. The van der Waals surface area contributed by atoms with Crippen molar-refractivity contribution >= 4 is 11.5 Å². The number of nitrogen functional groups attached to an aromatic ring is 1. The topological polar surface area (TPSA) is 82.0 Å². The van der Waals surface area contributed by atoms with Gasteiger partial charge in [0, 0.05) is 0 Å². The van der Waals surface area contributed by atoms with Crippen molar-refractivity contribution in [1.29, 1.82) is 0 Å². The molecule has 1 aromatic heterocycles. The van der Waals surface area contributed by atoms with Crippen LogP contribution in [0.2, 0.25) is 0 Å². The number of rotatable bonds is 2. The Morgan fingerprint density at radius 1 is 1.57 bits per heavy atom. The van der Waals surface area contributed by atoms with Gasteiger partial charge < -0.3 is 5.73 Å². The Hall–Kier alpha value is -1.86. The second-order valence-corrected chi connectivity index (χ2v) is 2.31. The summed E-state index contributed by atoms with van der Waals surface area (Å²) in [6.45, 7) is 0. The third-order valence-corrected chi connectivity index (χ3v) is 1.47. The van der Waals surface area contributed by atoms with Gasteiger partial charge in [-0.3, -0.25) is 10.1 Å². The first-order valence-electron chi connectivity index (χ1n) is 3.31. The molecule has 0 unspecified atom stereocenters. The summed E-state index contributed by atoms with van der Waals surface area (Å²) >= 11 is 0. The molecule has 8 heteroatoms. The van der Waals surface area contributed by atoms with Crippen molar-refractivity contribution in [1.82, 2.24) is 4.98 Å². The van der Waals surface area contributed by atoms with Gasteiger partial charge in [0.15, 0.2) is 5.82 Å². The Morgan fingerprint density at radius 3 is 2.50 bits per heavy atom. The Bertz CT molecular complexity index is 383. The van der Waals surface area contributed by atoms with Crippen molar-refractivity contribution in [3.63, 3.8) is 0 Å². The first-order chi connectivity index (χ1) is 6.45. The molecule has 0 saturated heterocycles. The van der Waals surface area contributed by atoms with E-state index in [2.05, 4.69) is 4.98 Å². The van der Waals surface area contributed by atoms with Crippen molar-refractivity contribution in [2.45, 2.75) is 6.43 Å². The number of nitrogens with zero attached hydrogens (tertiary/aromatic N) is 2. The van der Waals surface area contributed by atoms with Gasteiger partial charge in [0.05, 0.1) is 11.1 Å². The van der Waals surface area contributed by atoms with E-state index in [-0.39, 0.29) is 0 Å². The fourth-order valence-electron chi connectivity index (χ4n) is 0.907. The summed E-state index contributed by atoms with van der Waals surface area (Å²) in [5, 5.41) is 10.3. The maximum atomic E-state index is 12.7. The molecule has 0 spiro atoms. The van der Waals surface area contributed by atoms with E-state index in [0.29, 0.717) is 6.20 Å². The molecule has 1 aromatic rings. The van der Waals surface area contributed by atoms with Crippen molar-refractivity contribution in [2.75, 3.05) is 5.73 Å². The van der Waals surface area contributed by atoms with Crippen LogP contribution in [0.1, 0.15) is 12.0 Å². The Balaban J connectivity index is 3.50. The largest absolute Gasteiger partial charge is 0.378 e. The lowest BCUT2D eigenvalue weighted by molar-refractivity contribution is -0.385. The predicted octanol–water partition coefficient (Wildman–Crippen LogP) is 1.65. The van der Waals surface area contributed by atoms with Gasteiger partial charge in [-0.15, -0.1) is 0 Å². The molecule has 0 radical (unpaired) electrons. The number of hydrogen-bond donors (Lipinski definition) is 1. The van der Waals surface area contributed by atoms with Crippen LogP contribution in [0.3, 0.4) is 0 Å². The molecule has 0 atom stereocenters. The standard InChI is InChI=1S/C6H4F3N3O2/c7-2-1-11-6(10)4(12(13)14)3(2)5(8)9/h1,5H,(H2,10,11). The molecular weight excluding hydrogens is 203 g/mol. The van der Waals surface area contributed by atoms with Crippen LogP contribution in [0.4, 0.5) is 24.7 Å². The number of nitro groups is 1. The average molecular weight is 207 g/mol. The summed E-state index contributed by atoms with van der Waals surface area (Å²) in [6.07, 6.45) is -2.88. The van der Waals surface area contributed by atoms with E-state index in [1.165, 1.54) is 0 Å². The number of pyridine rings is 1. The van der Waals surface area contributed by atoms with Gasteiger partial charge in [-0.05, 0) is 0 Å². The zero-order valence-electron chi connectivity index (χ0n) is 6.58. The van der Waals surface area contributed by atoms with E-state index in [4.69, 9.17) is 5.73 Å². The van der Waals surface area contributed by atoms with Crippen molar-refractivity contribution in [2.24, 2.45) is 0 Å². The van der Waals surface area contributed by atoms with Crippen LogP contribution in [0.25, 0.3) is 0 Å². The molecule has 0 bridgehead atoms. The number of aromatic nitrogens is 1. The molecule has 76 valence electrons. The number of hydrogen-bond acceptors (Lipinski definition) is 4. The molecule has 0 fully saturated rings. The lowest BCUT2D eigenvalue weighted by Crippen LogP contribution is -2.05. The van der Waals surface area contributed by atoms with Crippen LogP contribution in [0.5, 0.6) is 0 Å². The second-order valence-electron chi connectivity index (χ2n) is 2.31. The predicted molar refractivity (Wildman–Crippen MR) is 40.2 cm³/mol. The normalized spacial score (nSPS) is 10.6. The highest BCUT2D eigenvalue weighted by Crippen LogP contribution is 2.33. The van der Waals surface area contributed by atoms with Gasteiger partial charge in [-0.25, -0.2) is 18.2 Å². The molecule has 1 rings (SSSR count). The second kappa shape index (κ2) is 3.48. The minimum Gasteiger partial charge on any atom is -0.378 e. The highest BCUT2D eigenvalue weighted by Gasteiger charge is 2.29. The van der Waals surface area contributed by atoms with Crippen molar-refractivity contribution in [3.8, 4) is 0 Å². The van der Waals surface area contributed by atoms with Crippen LogP contribution >= 0.6 is 0 Å². The van der Waals surface area contributed by atoms with Crippen molar-refractivity contribution < 1.29 is 18.1 Å². The summed E-state index contributed by atoms with van der Waals surface area (Å²) in [7, 11) is 0. The van der Waals surface area contributed by atoms with E-state index in [9.17, 15) is 23.3 Å². The van der Waals surface area contributed by atoms with Gasteiger partial charge in [-0.1, -0.05) is 0 Å². The number of nitrogens with two attached hydrogens (primary N) is 1. The number of alkyl halides is 2. The molecule has 0 aromatic carbocycles. The van der Waals surface area contributed by atoms with Crippen molar-refractivity contribution in [3.05, 3.63) is 27.7 Å². The Morgan fingerprint density at radius 2 is 2.14 bits per heavy atom. The van der Waals surface area contributed by atoms with E-state index in [1.54, 1.807) is 0 Å². The first kappa shape index (κ1) is 10.2. The molecule has 0 saturated carbocycles. The fraction of sp³-hybridized carbons (Fsp3) is 0.167. The highest BCUT2D eigenvalue weighted by molar-refractivity contribution is 5.57. The maximum absolute atomic E-state index is 12.7. The summed E-state index contributed by atoms with van der Waals surface area (Å²) < 4.78 is 37.1. The zero-order chi connectivity index (χ0) is 10.9. The average Bonchev–Trinajstić information content (AvgIpc) is 2.07. The van der Waals surface area contributed by atoms with E-state index >= 15 is 0 Å².